The average molecular weight is 368 g/mol. The molecule has 3 fully saturated rings. The molecule has 1 saturated carbocycles. The van der Waals surface area contributed by atoms with Crippen molar-refractivity contribution < 1.29 is 14.3 Å². The van der Waals surface area contributed by atoms with Gasteiger partial charge in [0, 0.05) is 48.7 Å². The lowest BCUT2D eigenvalue weighted by atomic mass is 9.65. The Morgan fingerprint density at radius 3 is 2.93 bits per heavy atom. The van der Waals surface area contributed by atoms with E-state index in [-0.39, 0.29) is 0 Å². The highest BCUT2D eigenvalue weighted by Crippen LogP contribution is 2.51. The van der Waals surface area contributed by atoms with E-state index < -0.39 is 6.16 Å². The lowest BCUT2D eigenvalue weighted by Gasteiger charge is -2.53. The summed E-state index contributed by atoms with van der Waals surface area (Å²) in [5.74, 6) is 2.85. The minimum Gasteiger partial charge on any atom is -0.437 e. The normalized spacial score (nSPS) is 31.4. The second-order valence-corrected chi connectivity index (χ2v) is 8.51. The van der Waals surface area contributed by atoms with Crippen LogP contribution in [0.3, 0.4) is 0 Å². The van der Waals surface area contributed by atoms with Crippen molar-refractivity contribution >= 4 is 17.1 Å². The predicted molar refractivity (Wildman–Crippen MR) is 104 cm³/mol. The second kappa shape index (κ2) is 6.26. The quantitative estimate of drug-likeness (QED) is 0.592. The maximum Gasteiger partial charge on any atom is 0.513 e. The largest absolute Gasteiger partial charge is 0.513 e. The molecule has 4 aliphatic rings. The molecule has 6 rings (SSSR count). The van der Waals surface area contributed by atoms with Crippen molar-refractivity contribution in [2.45, 2.75) is 44.6 Å². The summed E-state index contributed by atoms with van der Waals surface area (Å²) < 4.78 is 12.3. The van der Waals surface area contributed by atoms with Gasteiger partial charge in [0.1, 0.15) is 5.75 Å². The Balaban J connectivity index is 1.63. The van der Waals surface area contributed by atoms with Crippen LogP contribution in [0.15, 0.2) is 18.2 Å². The molecule has 0 amide bonds. The molecule has 0 spiro atoms. The van der Waals surface area contributed by atoms with Crippen LogP contribution in [0.4, 0.5) is 4.79 Å². The van der Waals surface area contributed by atoms with Gasteiger partial charge in [-0.1, -0.05) is 13.3 Å². The highest BCUT2D eigenvalue weighted by atomic mass is 16.7. The molecule has 5 atom stereocenters. The first kappa shape index (κ1) is 17.1. The van der Waals surface area contributed by atoms with Crippen LogP contribution in [0.5, 0.6) is 5.75 Å². The monoisotopic (exact) mass is 368 g/mol. The van der Waals surface area contributed by atoms with Crippen molar-refractivity contribution in [2.75, 3.05) is 20.2 Å². The maximum absolute atomic E-state index is 11.5. The average Bonchev–Trinajstić information content (AvgIpc) is 2.89. The fraction of sp³-hybridized carbons (Fsp3) is 0.591. The van der Waals surface area contributed by atoms with Gasteiger partial charge >= 0.3 is 6.16 Å². The molecule has 2 aromatic rings. The van der Waals surface area contributed by atoms with Gasteiger partial charge in [-0.05, 0) is 54.9 Å². The molecular formula is C22H28N2O3. The van der Waals surface area contributed by atoms with Crippen LogP contribution in [0, 0.1) is 11.8 Å². The Morgan fingerprint density at radius 2 is 2.15 bits per heavy atom. The molecule has 1 aromatic heterocycles. The number of benzene rings is 1. The number of piperidine rings is 2. The van der Waals surface area contributed by atoms with Crippen molar-refractivity contribution in [2.24, 2.45) is 18.9 Å². The summed E-state index contributed by atoms with van der Waals surface area (Å²) >= 11 is 0. The van der Waals surface area contributed by atoms with Gasteiger partial charge in [0.05, 0.1) is 7.11 Å². The van der Waals surface area contributed by atoms with Gasteiger partial charge < -0.3 is 14.0 Å². The molecule has 144 valence electrons. The Labute approximate surface area is 160 Å². The van der Waals surface area contributed by atoms with Crippen molar-refractivity contribution in [1.82, 2.24) is 9.47 Å². The molecule has 27 heavy (non-hydrogen) atoms. The lowest BCUT2D eigenvalue weighted by Crippen LogP contribution is -2.56. The number of aromatic nitrogens is 1. The van der Waals surface area contributed by atoms with E-state index in [9.17, 15) is 4.79 Å². The van der Waals surface area contributed by atoms with Gasteiger partial charge in [-0.15, -0.1) is 0 Å². The number of hydrogen-bond donors (Lipinski definition) is 0. The summed E-state index contributed by atoms with van der Waals surface area (Å²) in [5.41, 5.74) is 4.22. The number of nitrogens with zero attached hydrogens (tertiary/aromatic N) is 2. The molecule has 0 N–H and O–H groups in total. The van der Waals surface area contributed by atoms with Crippen LogP contribution in [-0.4, -0.2) is 41.9 Å². The van der Waals surface area contributed by atoms with Crippen LogP contribution in [0.1, 0.15) is 43.4 Å². The number of rotatable bonds is 2. The minimum atomic E-state index is -0.665. The Bertz CT molecular complexity index is 903. The van der Waals surface area contributed by atoms with Crippen LogP contribution in [-0.2, 0) is 18.2 Å². The third-order valence-corrected chi connectivity index (χ3v) is 7.25. The summed E-state index contributed by atoms with van der Waals surface area (Å²) in [7, 11) is 3.55. The van der Waals surface area contributed by atoms with Crippen molar-refractivity contribution in [3.63, 3.8) is 0 Å². The molecule has 1 aromatic carbocycles. The molecule has 1 aliphatic carbocycles. The topological polar surface area (TPSA) is 43.7 Å². The minimum absolute atomic E-state index is 0.559. The summed E-state index contributed by atoms with van der Waals surface area (Å²) in [4.78, 5) is 14.3. The molecule has 2 unspecified atom stereocenters. The maximum atomic E-state index is 11.5. The molecule has 2 saturated heterocycles. The van der Waals surface area contributed by atoms with E-state index >= 15 is 0 Å². The molecular weight excluding hydrogens is 340 g/mol. The van der Waals surface area contributed by atoms with E-state index in [0.717, 1.165) is 24.8 Å². The second-order valence-electron chi connectivity index (χ2n) is 8.51. The van der Waals surface area contributed by atoms with E-state index in [4.69, 9.17) is 4.74 Å². The number of carbonyl (C=O) groups is 1. The fourth-order valence-corrected chi connectivity index (χ4v) is 6.28. The van der Waals surface area contributed by atoms with E-state index in [1.54, 1.807) is 0 Å². The van der Waals surface area contributed by atoms with Crippen molar-refractivity contribution in [3.8, 4) is 5.75 Å². The van der Waals surface area contributed by atoms with Crippen molar-refractivity contribution in [3.05, 3.63) is 29.5 Å². The predicted octanol–water partition coefficient (Wildman–Crippen LogP) is 4.08. The summed E-state index contributed by atoms with van der Waals surface area (Å²) in [6.07, 6.45) is 4.42. The van der Waals surface area contributed by atoms with Gasteiger partial charge in [0.2, 0.25) is 0 Å². The number of methoxy groups -OCH3 is 1. The highest BCUT2D eigenvalue weighted by Gasteiger charge is 2.49. The van der Waals surface area contributed by atoms with Crippen LogP contribution < -0.4 is 4.74 Å². The molecule has 4 bridgehead atoms. The molecule has 5 heteroatoms. The Hall–Kier alpha value is -2.01. The number of aryl methyl sites for hydroxylation is 1. The van der Waals surface area contributed by atoms with Gasteiger partial charge in [0.25, 0.3) is 0 Å². The zero-order chi connectivity index (χ0) is 18.7. The van der Waals surface area contributed by atoms with E-state index in [0.29, 0.717) is 17.7 Å². The van der Waals surface area contributed by atoms with Crippen LogP contribution in [0.2, 0.25) is 0 Å². The molecule has 5 nitrogen and oxygen atoms in total. The SMILES string of the molecule is CC[C@H]1C[C@H]2C[C@H]3c4c(c5cc(OC(=O)OC)ccc5n4C)CCN(C2)C13. The zero-order valence-electron chi connectivity index (χ0n) is 16.4. The summed E-state index contributed by atoms with van der Waals surface area (Å²) in [6.45, 7) is 4.78. The molecule has 4 heterocycles. The molecule has 0 radical (unpaired) electrons. The first-order chi connectivity index (χ1) is 13.1. The number of hydrogen-bond acceptors (Lipinski definition) is 4. The Kier molecular flexibility index (Phi) is 3.97. The van der Waals surface area contributed by atoms with Gasteiger partial charge in [-0.3, -0.25) is 4.90 Å². The van der Waals surface area contributed by atoms with Crippen molar-refractivity contribution in [1.29, 1.82) is 0 Å². The van der Waals surface area contributed by atoms with E-state index in [1.165, 1.54) is 55.1 Å². The smallest absolute Gasteiger partial charge is 0.437 e. The summed E-state index contributed by atoms with van der Waals surface area (Å²) in [5, 5.41) is 1.23. The van der Waals surface area contributed by atoms with Gasteiger partial charge in [-0.2, -0.15) is 0 Å². The van der Waals surface area contributed by atoms with Gasteiger partial charge in [-0.25, -0.2) is 4.79 Å². The third kappa shape index (κ3) is 2.51. The lowest BCUT2D eigenvalue weighted by molar-refractivity contribution is -0.0140. The van der Waals surface area contributed by atoms with Crippen LogP contribution >= 0.6 is 0 Å². The zero-order valence-corrected chi connectivity index (χ0v) is 16.4. The fourth-order valence-electron chi connectivity index (χ4n) is 6.28. The van der Waals surface area contributed by atoms with Crippen LogP contribution in [0.25, 0.3) is 10.9 Å². The number of ether oxygens (including phenoxy) is 2. The summed E-state index contributed by atoms with van der Waals surface area (Å²) in [6, 6.07) is 6.66. The first-order valence-corrected chi connectivity index (χ1v) is 10.2. The number of fused-ring (bicyclic) bond motifs is 4. The third-order valence-electron chi connectivity index (χ3n) is 7.25. The molecule has 3 aliphatic heterocycles. The first-order valence-electron chi connectivity index (χ1n) is 10.2. The Morgan fingerprint density at radius 1 is 1.30 bits per heavy atom. The number of carbonyl (C=O) groups excluding carboxylic acids is 1. The highest BCUT2D eigenvalue weighted by molar-refractivity contribution is 5.88. The standard InChI is InChI=1S/C22H28N2O3/c1-4-14-9-13-10-18-20(14)24(12-13)8-7-16-17-11-15(27-22(25)26-3)5-6-19(17)23(2)21(16)18/h5-6,11,13-14,18,20H,4,7-10,12H2,1-3H3/t13-,14-,18+,20?/m0/s1. The van der Waals surface area contributed by atoms with E-state index in [2.05, 4.69) is 34.2 Å². The van der Waals surface area contributed by atoms with E-state index in [1.807, 2.05) is 12.1 Å². The van der Waals surface area contributed by atoms with Gasteiger partial charge in [0.15, 0.2) is 0 Å².